The SMILES string of the molecule is CC1(C)CC(=O)C2=C(C1)NC(COCCN)=C(C#N)C2c1cccnn1. The van der Waals surface area contributed by atoms with Crippen LogP contribution in [-0.2, 0) is 9.53 Å². The standard InChI is InChI=1S/C19H23N5O2/c1-19(2)8-14-18(16(25)9-19)17(13-4-3-6-22-24-13)12(10-21)15(23-14)11-26-7-5-20/h3-4,6,17,23H,5,7-9,11,20H2,1-2H3. The first kappa shape index (κ1) is 18.2. The van der Waals surface area contributed by atoms with Gasteiger partial charge in [0, 0.05) is 30.4 Å². The van der Waals surface area contributed by atoms with Crippen LogP contribution in [0.5, 0.6) is 0 Å². The van der Waals surface area contributed by atoms with Crippen molar-refractivity contribution >= 4 is 5.78 Å². The number of nitriles is 1. The number of ether oxygens (including phenoxy) is 1. The molecule has 0 spiro atoms. The van der Waals surface area contributed by atoms with Gasteiger partial charge >= 0.3 is 0 Å². The molecule has 7 heteroatoms. The Morgan fingerprint density at radius 1 is 1.46 bits per heavy atom. The van der Waals surface area contributed by atoms with Crippen LogP contribution in [0.4, 0.5) is 0 Å². The van der Waals surface area contributed by atoms with Gasteiger partial charge in [-0.15, -0.1) is 0 Å². The Hall–Kier alpha value is -2.56. The molecule has 2 heterocycles. The Balaban J connectivity index is 2.09. The van der Waals surface area contributed by atoms with Crippen LogP contribution >= 0.6 is 0 Å². The van der Waals surface area contributed by atoms with Crippen LogP contribution in [-0.4, -0.2) is 35.7 Å². The fourth-order valence-corrected chi connectivity index (χ4v) is 3.62. The lowest BCUT2D eigenvalue weighted by Crippen LogP contribution is -2.38. The predicted molar refractivity (Wildman–Crippen MR) is 95.5 cm³/mol. The third kappa shape index (κ3) is 3.52. The van der Waals surface area contributed by atoms with Crippen LogP contribution < -0.4 is 11.1 Å². The average molecular weight is 353 g/mol. The summed E-state index contributed by atoms with van der Waals surface area (Å²) in [5, 5.41) is 21.2. The van der Waals surface area contributed by atoms with Gasteiger partial charge in [-0.3, -0.25) is 4.79 Å². The van der Waals surface area contributed by atoms with E-state index in [2.05, 4.69) is 35.4 Å². The summed E-state index contributed by atoms with van der Waals surface area (Å²) in [6.45, 7) is 5.18. The minimum atomic E-state index is -0.509. The Morgan fingerprint density at radius 2 is 2.27 bits per heavy atom. The number of nitrogens with zero attached hydrogens (tertiary/aromatic N) is 3. The van der Waals surface area contributed by atoms with Crippen LogP contribution in [0.2, 0.25) is 0 Å². The number of ketones is 1. The van der Waals surface area contributed by atoms with Crippen LogP contribution in [0.15, 0.2) is 40.9 Å². The smallest absolute Gasteiger partial charge is 0.162 e. The fourth-order valence-electron chi connectivity index (χ4n) is 3.62. The van der Waals surface area contributed by atoms with Crippen molar-refractivity contribution < 1.29 is 9.53 Å². The molecule has 0 radical (unpaired) electrons. The van der Waals surface area contributed by atoms with E-state index >= 15 is 0 Å². The Morgan fingerprint density at radius 3 is 2.92 bits per heavy atom. The van der Waals surface area contributed by atoms with Gasteiger partial charge in [0.05, 0.1) is 42.2 Å². The number of nitrogens with one attached hydrogen (secondary N) is 1. The number of carbonyl (C=O) groups is 1. The second-order valence-corrected chi connectivity index (χ2v) is 7.39. The van der Waals surface area contributed by atoms with Gasteiger partial charge in [-0.2, -0.15) is 15.5 Å². The van der Waals surface area contributed by atoms with Gasteiger partial charge < -0.3 is 15.8 Å². The molecule has 0 saturated carbocycles. The Kier molecular flexibility index (Phi) is 5.16. The molecule has 3 rings (SSSR count). The first-order valence-electron chi connectivity index (χ1n) is 8.68. The number of allylic oxidation sites excluding steroid dienone is 3. The van der Waals surface area contributed by atoms with E-state index in [1.54, 1.807) is 18.3 Å². The molecule has 1 aliphatic carbocycles. The quantitative estimate of drug-likeness (QED) is 0.772. The summed E-state index contributed by atoms with van der Waals surface area (Å²) in [7, 11) is 0. The maximum Gasteiger partial charge on any atom is 0.162 e. The van der Waals surface area contributed by atoms with Crippen molar-refractivity contribution in [3.63, 3.8) is 0 Å². The molecule has 0 bridgehead atoms. The molecule has 2 aliphatic rings. The molecular formula is C19H23N5O2. The van der Waals surface area contributed by atoms with E-state index in [4.69, 9.17) is 10.5 Å². The topological polar surface area (TPSA) is 114 Å². The lowest BCUT2D eigenvalue weighted by molar-refractivity contribution is -0.118. The van der Waals surface area contributed by atoms with Gasteiger partial charge in [-0.25, -0.2) is 0 Å². The molecule has 1 unspecified atom stereocenters. The zero-order chi connectivity index (χ0) is 18.7. The van der Waals surface area contributed by atoms with E-state index in [9.17, 15) is 10.1 Å². The average Bonchev–Trinajstić information content (AvgIpc) is 2.60. The van der Waals surface area contributed by atoms with Crippen molar-refractivity contribution in [1.29, 1.82) is 5.26 Å². The highest BCUT2D eigenvalue weighted by atomic mass is 16.5. The number of rotatable bonds is 5. The Labute approximate surface area is 152 Å². The second-order valence-electron chi connectivity index (χ2n) is 7.39. The lowest BCUT2D eigenvalue weighted by Gasteiger charge is -2.38. The number of aromatic nitrogens is 2. The van der Waals surface area contributed by atoms with Crippen molar-refractivity contribution in [2.24, 2.45) is 11.1 Å². The van der Waals surface area contributed by atoms with Crippen LogP contribution in [0.3, 0.4) is 0 Å². The van der Waals surface area contributed by atoms with Crippen molar-refractivity contribution in [1.82, 2.24) is 15.5 Å². The van der Waals surface area contributed by atoms with Crippen LogP contribution in [0.25, 0.3) is 0 Å². The third-order valence-electron chi connectivity index (χ3n) is 4.64. The Bertz CT molecular complexity index is 805. The molecule has 0 amide bonds. The third-order valence-corrected chi connectivity index (χ3v) is 4.64. The highest BCUT2D eigenvalue weighted by molar-refractivity contribution is 6.00. The molecule has 3 N–H and O–H groups in total. The summed E-state index contributed by atoms with van der Waals surface area (Å²) in [6, 6.07) is 5.82. The lowest BCUT2D eigenvalue weighted by atomic mass is 9.69. The number of hydrogen-bond acceptors (Lipinski definition) is 7. The summed E-state index contributed by atoms with van der Waals surface area (Å²) < 4.78 is 5.56. The van der Waals surface area contributed by atoms with Gasteiger partial charge in [-0.1, -0.05) is 13.8 Å². The highest BCUT2D eigenvalue weighted by Crippen LogP contribution is 2.45. The summed E-state index contributed by atoms with van der Waals surface area (Å²) in [5.74, 6) is -0.459. The molecule has 1 aromatic rings. The maximum absolute atomic E-state index is 12.9. The molecule has 7 nitrogen and oxygen atoms in total. The van der Waals surface area contributed by atoms with Crippen LogP contribution in [0.1, 0.15) is 38.3 Å². The molecule has 136 valence electrons. The number of carbonyl (C=O) groups excluding carboxylic acids is 1. The number of Topliss-reactive ketones (excluding diaryl/α,β-unsaturated/α-hetero) is 1. The fraction of sp³-hybridized carbons (Fsp3) is 0.474. The van der Waals surface area contributed by atoms with E-state index in [-0.39, 0.29) is 17.8 Å². The van der Waals surface area contributed by atoms with Crippen molar-refractivity contribution in [3.8, 4) is 6.07 Å². The molecule has 1 aromatic heterocycles. The zero-order valence-corrected chi connectivity index (χ0v) is 15.1. The minimum absolute atomic E-state index is 0.0501. The van der Waals surface area contributed by atoms with Gasteiger partial charge in [0.1, 0.15) is 0 Å². The normalized spacial score (nSPS) is 21.9. The largest absolute Gasteiger partial charge is 0.374 e. The molecule has 0 fully saturated rings. The minimum Gasteiger partial charge on any atom is -0.374 e. The second kappa shape index (κ2) is 7.36. The summed E-state index contributed by atoms with van der Waals surface area (Å²) >= 11 is 0. The van der Waals surface area contributed by atoms with Gasteiger partial charge in [-0.05, 0) is 24.0 Å². The van der Waals surface area contributed by atoms with E-state index in [0.717, 1.165) is 12.1 Å². The van der Waals surface area contributed by atoms with E-state index < -0.39 is 5.92 Å². The van der Waals surface area contributed by atoms with Crippen molar-refractivity contribution in [3.05, 3.63) is 46.6 Å². The first-order chi connectivity index (χ1) is 12.5. The number of hydrogen-bond donors (Lipinski definition) is 2. The molecule has 0 aromatic carbocycles. The number of dihydropyridines is 1. The summed E-state index contributed by atoms with van der Waals surface area (Å²) in [4.78, 5) is 12.9. The molecule has 0 saturated heterocycles. The monoisotopic (exact) mass is 353 g/mol. The molecule has 26 heavy (non-hydrogen) atoms. The van der Waals surface area contributed by atoms with E-state index in [1.807, 2.05) is 0 Å². The zero-order valence-electron chi connectivity index (χ0n) is 15.1. The van der Waals surface area contributed by atoms with Crippen LogP contribution in [0, 0.1) is 16.7 Å². The molecule has 1 aliphatic heterocycles. The van der Waals surface area contributed by atoms with E-state index in [0.29, 0.717) is 42.1 Å². The molecular weight excluding hydrogens is 330 g/mol. The first-order valence-corrected chi connectivity index (χ1v) is 8.68. The van der Waals surface area contributed by atoms with Crippen molar-refractivity contribution in [2.45, 2.75) is 32.6 Å². The van der Waals surface area contributed by atoms with Gasteiger partial charge in [0.2, 0.25) is 0 Å². The van der Waals surface area contributed by atoms with Gasteiger partial charge in [0.25, 0.3) is 0 Å². The number of nitrogens with two attached hydrogens (primary N) is 1. The van der Waals surface area contributed by atoms with E-state index in [1.165, 1.54) is 0 Å². The summed E-state index contributed by atoms with van der Waals surface area (Å²) in [5.41, 5.74) is 8.56. The van der Waals surface area contributed by atoms with Gasteiger partial charge in [0.15, 0.2) is 5.78 Å². The molecule has 1 atom stereocenters. The predicted octanol–water partition coefficient (Wildman–Crippen LogP) is 1.56. The van der Waals surface area contributed by atoms with Crippen molar-refractivity contribution in [2.75, 3.05) is 19.8 Å². The summed E-state index contributed by atoms with van der Waals surface area (Å²) in [6.07, 6.45) is 2.75. The maximum atomic E-state index is 12.9. The highest BCUT2D eigenvalue weighted by Gasteiger charge is 2.42.